The summed E-state index contributed by atoms with van der Waals surface area (Å²) in [6, 6.07) is 0. The summed E-state index contributed by atoms with van der Waals surface area (Å²) in [6.07, 6.45) is 7.45. The molecule has 170 valence electrons. The average Bonchev–Trinajstić information content (AvgIpc) is 3.11. The van der Waals surface area contributed by atoms with Crippen molar-refractivity contribution in [2.24, 2.45) is 10.9 Å². The molecule has 1 spiro atoms. The summed E-state index contributed by atoms with van der Waals surface area (Å²) in [7, 11) is -4.58. The van der Waals surface area contributed by atoms with Crippen LogP contribution in [-0.4, -0.2) is 60.7 Å². The third-order valence-corrected chi connectivity index (χ3v) is 8.41. The van der Waals surface area contributed by atoms with Crippen LogP contribution in [0.3, 0.4) is 0 Å². The lowest BCUT2D eigenvalue weighted by Crippen LogP contribution is -2.28. The Bertz CT molecular complexity index is 938. The van der Waals surface area contributed by atoms with E-state index in [1.165, 1.54) is 19.3 Å². The van der Waals surface area contributed by atoms with E-state index < -0.39 is 25.6 Å². The van der Waals surface area contributed by atoms with Gasteiger partial charge in [0.15, 0.2) is 11.0 Å². The Balaban J connectivity index is 1.30. The maximum Gasteiger partial charge on any atom is 0.469 e. The number of hydrogen-bond acceptors (Lipinski definition) is 9. The molecule has 1 aromatic heterocycles. The van der Waals surface area contributed by atoms with Gasteiger partial charge in [0.05, 0.1) is 30.1 Å². The van der Waals surface area contributed by atoms with Gasteiger partial charge in [0.25, 0.3) is 0 Å². The van der Waals surface area contributed by atoms with Crippen LogP contribution in [0.5, 0.6) is 0 Å². The van der Waals surface area contributed by atoms with Gasteiger partial charge in [-0.3, -0.25) is 9.52 Å². The number of anilines is 1. The first-order chi connectivity index (χ1) is 14.7. The molecule has 3 fully saturated rings. The van der Waals surface area contributed by atoms with Crippen molar-refractivity contribution in [2.45, 2.75) is 79.1 Å². The Labute approximate surface area is 184 Å². The number of aliphatic imine (C=N–C) groups is 1. The number of aromatic nitrogens is 2. The van der Waals surface area contributed by atoms with E-state index in [2.05, 4.69) is 14.5 Å². The summed E-state index contributed by atoms with van der Waals surface area (Å²) in [4.78, 5) is 31.5. The van der Waals surface area contributed by atoms with E-state index in [0.29, 0.717) is 28.3 Å². The quantitative estimate of drug-likeness (QED) is 0.359. The molecule has 0 bridgehead atoms. The standard InChI is InChI=1S/C19H27N4O6PS/c20-17-16-15(22-18(23-17)31-11-4-2-1-3-5-11)12(8-21-16)13-7-19(13)14(24)6-10(29-19)9-28-30(25,26)27/h8,10-14,24H,1-7,9H2,(H2,20,22,23)(H2,25,26,27)/t10-,12?,13-,14+,19+/m0/s1. The van der Waals surface area contributed by atoms with Gasteiger partial charge in [-0.2, -0.15) is 0 Å². The van der Waals surface area contributed by atoms with Crippen molar-refractivity contribution >= 4 is 37.3 Å². The van der Waals surface area contributed by atoms with Gasteiger partial charge in [-0.1, -0.05) is 31.0 Å². The Morgan fingerprint density at radius 3 is 2.81 bits per heavy atom. The fourth-order valence-electron chi connectivity index (χ4n) is 5.14. The highest BCUT2D eigenvalue weighted by Crippen LogP contribution is 2.62. The smallest absolute Gasteiger partial charge is 0.390 e. The number of aliphatic hydroxyl groups excluding tert-OH is 1. The summed E-state index contributed by atoms with van der Waals surface area (Å²) < 4.78 is 21.6. The number of ether oxygens (including phenoxy) is 1. The van der Waals surface area contributed by atoms with Crippen LogP contribution in [0.2, 0.25) is 0 Å². The van der Waals surface area contributed by atoms with Crippen LogP contribution in [0.4, 0.5) is 11.5 Å². The SMILES string of the molecule is Nc1nc(SC2CCCCC2)nc2c1N=CC2[C@@H]1C[C@@]12O[C@H](COP(=O)(O)O)C[C@H]2O. The topological polar surface area (TPSA) is 160 Å². The summed E-state index contributed by atoms with van der Waals surface area (Å²) in [5, 5.41) is 11.8. The Morgan fingerprint density at radius 1 is 1.29 bits per heavy atom. The lowest BCUT2D eigenvalue weighted by atomic mass is 9.96. The number of nitrogen functional groups attached to an aromatic ring is 1. The molecule has 5 rings (SSSR count). The van der Waals surface area contributed by atoms with Crippen molar-refractivity contribution in [1.82, 2.24) is 9.97 Å². The second-order valence-corrected chi connectivity index (χ2v) is 11.4. The number of hydrogen-bond donors (Lipinski definition) is 4. The minimum Gasteiger partial charge on any atom is -0.390 e. The van der Waals surface area contributed by atoms with E-state index in [0.717, 1.165) is 18.5 Å². The number of rotatable bonds is 6. The normalized spacial score (nSPS) is 35.1. The van der Waals surface area contributed by atoms with Crippen LogP contribution >= 0.6 is 19.6 Å². The molecule has 2 saturated carbocycles. The molecule has 0 radical (unpaired) electrons. The minimum absolute atomic E-state index is 0.0330. The zero-order valence-electron chi connectivity index (χ0n) is 17.0. The molecule has 1 aromatic rings. The first kappa shape index (κ1) is 21.8. The lowest BCUT2D eigenvalue weighted by molar-refractivity contribution is -0.0367. The van der Waals surface area contributed by atoms with Crippen molar-refractivity contribution in [1.29, 1.82) is 0 Å². The molecular formula is C19H27N4O6PS. The number of nitrogens with two attached hydrogens (primary N) is 1. The highest BCUT2D eigenvalue weighted by atomic mass is 32.2. The monoisotopic (exact) mass is 470 g/mol. The molecule has 0 amide bonds. The van der Waals surface area contributed by atoms with Crippen molar-refractivity contribution in [3.63, 3.8) is 0 Å². The maximum absolute atomic E-state index is 11.0. The number of fused-ring (bicyclic) bond motifs is 1. The predicted octanol–water partition coefficient (Wildman–Crippen LogP) is 2.30. The van der Waals surface area contributed by atoms with E-state index in [4.69, 9.17) is 25.2 Å². The highest BCUT2D eigenvalue weighted by Gasteiger charge is 2.68. The first-order valence-corrected chi connectivity index (χ1v) is 13.1. The molecule has 1 unspecified atom stereocenters. The summed E-state index contributed by atoms with van der Waals surface area (Å²) in [5.74, 6) is 0.203. The third-order valence-electron chi connectivity index (χ3n) is 6.73. The molecule has 10 nitrogen and oxygen atoms in total. The largest absolute Gasteiger partial charge is 0.469 e. The van der Waals surface area contributed by atoms with Gasteiger partial charge in [0.2, 0.25) is 0 Å². The zero-order chi connectivity index (χ0) is 21.8. The Hall–Kier alpha value is -1.07. The molecule has 31 heavy (non-hydrogen) atoms. The predicted molar refractivity (Wildman–Crippen MR) is 114 cm³/mol. The number of thioether (sulfide) groups is 1. The molecule has 3 heterocycles. The Kier molecular flexibility index (Phi) is 5.65. The fourth-order valence-corrected chi connectivity index (χ4v) is 6.67. The maximum atomic E-state index is 11.0. The van der Waals surface area contributed by atoms with Gasteiger partial charge in [0, 0.05) is 29.7 Å². The van der Waals surface area contributed by atoms with E-state index in [9.17, 15) is 9.67 Å². The number of phosphoric ester groups is 1. The highest BCUT2D eigenvalue weighted by molar-refractivity contribution is 7.99. The van der Waals surface area contributed by atoms with Gasteiger partial charge in [-0.25, -0.2) is 14.5 Å². The van der Waals surface area contributed by atoms with Gasteiger partial charge in [0.1, 0.15) is 5.69 Å². The fraction of sp³-hybridized carbons (Fsp3) is 0.737. The van der Waals surface area contributed by atoms with Crippen molar-refractivity contribution in [3.05, 3.63) is 5.69 Å². The molecule has 5 atom stereocenters. The summed E-state index contributed by atoms with van der Waals surface area (Å²) >= 11 is 1.68. The van der Waals surface area contributed by atoms with Crippen molar-refractivity contribution in [2.75, 3.05) is 12.3 Å². The van der Waals surface area contributed by atoms with Crippen LogP contribution in [-0.2, 0) is 13.8 Å². The van der Waals surface area contributed by atoms with Gasteiger partial charge in [-0.15, -0.1) is 0 Å². The number of aliphatic hydroxyl groups is 1. The molecule has 0 aromatic carbocycles. The van der Waals surface area contributed by atoms with Crippen LogP contribution in [0.15, 0.2) is 10.1 Å². The average molecular weight is 470 g/mol. The van der Waals surface area contributed by atoms with Gasteiger partial charge >= 0.3 is 7.82 Å². The summed E-state index contributed by atoms with van der Waals surface area (Å²) in [5.41, 5.74) is 6.79. The van der Waals surface area contributed by atoms with Crippen LogP contribution in [0, 0.1) is 5.92 Å². The van der Waals surface area contributed by atoms with Crippen LogP contribution in [0.1, 0.15) is 56.6 Å². The molecular weight excluding hydrogens is 443 g/mol. The molecule has 4 aliphatic rings. The molecule has 5 N–H and O–H groups in total. The van der Waals surface area contributed by atoms with Crippen molar-refractivity contribution < 1.29 is 28.7 Å². The van der Waals surface area contributed by atoms with Crippen LogP contribution in [0.25, 0.3) is 0 Å². The van der Waals surface area contributed by atoms with E-state index in [1.807, 2.05) is 0 Å². The van der Waals surface area contributed by atoms with Crippen LogP contribution < -0.4 is 5.73 Å². The zero-order valence-corrected chi connectivity index (χ0v) is 18.7. The van der Waals surface area contributed by atoms with Gasteiger partial charge < -0.3 is 25.4 Å². The lowest BCUT2D eigenvalue weighted by Gasteiger charge is -2.21. The molecule has 1 saturated heterocycles. The third kappa shape index (κ3) is 4.29. The molecule has 2 aliphatic heterocycles. The number of phosphoric acid groups is 1. The minimum atomic E-state index is -4.58. The van der Waals surface area contributed by atoms with E-state index in [1.54, 1.807) is 18.0 Å². The number of nitrogens with zero attached hydrogens (tertiary/aromatic N) is 3. The second kappa shape index (κ2) is 8.06. The van der Waals surface area contributed by atoms with E-state index >= 15 is 0 Å². The van der Waals surface area contributed by atoms with Crippen molar-refractivity contribution in [3.8, 4) is 0 Å². The Morgan fingerprint density at radius 2 is 2.06 bits per heavy atom. The summed E-state index contributed by atoms with van der Waals surface area (Å²) in [6.45, 7) is -0.261. The second-order valence-electron chi connectivity index (χ2n) is 8.85. The molecule has 12 heteroatoms. The van der Waals surface area contributed by atoms with E-state index in [-0.39, 0.29) is 24.9 Å². The van der Waals surface area contributed by atoms with Gasteiger partial charge in [-0.05, 0) is 19.3 Å². The molecule has 2 aliphatic carbocycles. The first-order valence-electron chi connectivity index (χ1n) is 10.7.